The fraction of sp³-hybridized carbons (Fsp3) is 0.231. The van der Waals surface area contributed by atoms with E-state index in [0.29, 0.717) is 5.76 Å². The van der Waals surface area contributed by atoms with Crippen molar-refractivity contribution in [1.29, 1.82) is 0 Å². The van der Waals surface area contributed by atoms with E-state index in [-0.39, 0.29) is 5.56 Å². The summed E-state index contributed by atoms with van der Waals surface area (Å²) in [6.07, 6.45) is -3.36. The van der Waals surface area contributed by atoms with E-state index in [0.717, 1.165) is 17.7 Å². The van der Waals surface area contributed by atoms with E-state index in [1.54, 1.807) is 13.0 Å². The van der Waals surface area contributed by atoms with Crippen LogP contribution in [0.25, 0.3) is 0 Å². The number of nitrogens with one attached hydrogen (secondary N) is 1. The molecule has 1 unspecified atom stereocenters. The highest BCUT2D eigenvalue weighted by Gasteiger charge is 2.35. The lowest BCUT2D eigenvalue weighted by Crippen LogP contribution is -2.29. The smallest absolute Gasteiger partial charge is 0.419 e. The molecule has 108 valence electrons. The summed E-state index contributed by atoms with van der Waals surface area (Å²) in [5.41, 5.74) is 1.94. The maximum Gasteiger partial charge on any atom is 0.419 e. The van der Waals surface area contributed by atoms with Crippen LogP contribution < -0.4 is 11.3 Å². The first-order valence-corrected chi connectivity index (χ1v) is 5.71. The Kier molecular flexibility index (Phi) is 3.82. The molecule has 0 fully saturated rings. The van der Waals surface area contributed by atoms with E-state index in [1.807, 2.05) is 0 Å². The molecule has 0 radical (unpaired) electrons. The topological polar surface area (TPSA) is 51.2 Å². The lowest BCUT2D eigenvalue weighted by molar-refractivity contribution is -0.140. The summed E-state index contributed by atoms with van der Waals surface area (Å²) >= 11 is 0. The molecule has 0 aliphatic rings. The van der Waals surface area contributed by atoms with Gasteiger partial charge in [-0.15, -0.1) is 0 Å². The maximum absolute atomic E-state index is 13.3. The van der Waals surface area contributed by atoms with Crippen molar-refractivity contribution in [3.8, 4) is 0 Å². The van der Waals surface area contributed by atoms with Gasteiger partial charge in [-0.3, -0.25) is 5.84 Å². The highest BCUT2D eigenvalue weighted by molar-refractivity contribution is 5.35. The normalized spacial score (nSPS) is 13.5. The van der Waals surface area contributed by atoms with E-state index >= 15 is 0 Å². The van der Waals surface area contributed by atoms with Crippen molar-refractivity contribution >= 4 is 0 Å². The number of hydrogen-bond donors (Lipinski definition) is 2. The minimum atomic E-state index is -4.77. The molecule has 0 bridgehead atoms. The number of benzene rings is 1. The van der Waals surface area contributed by atoms with Gasteiger partial charge in [0.15, 0.2) is 0 Å². The molecule has 2 rings (SSSR count). The van der Waals surface area contributed by atoms with E-state index < -0.39 is 23.6 Å². The van der Waals surface area contributed by atoms with Crippen LogP contribution in [0.5, 0.6) is 0 Å². The van der Waals surface area contributed by atoms with Crippen LogP contribution in [-0.4, -0.2) is 0 Å². The molecule has 3 nitrogen and oxygen atoms in total. The number of halogens is 4. The highest BCUT2D eigenvalue weighted by Crippen LogP contribution is 2.34. The summed E-state index contributed by atoms with van der Waals surface area (Å²) in [7, 11) is 0. The third kappa shape index (κ3) is 2.68. The molecule has 2 aromatic rings. The molecule has 1 atom stereocenters. The van der Waals surface area contributed by atoms with Crippen molar-refractivity contribution in [2.24, 2.45) is 5.84 Å². The average Bonchev–Trinajstić information content (AvgIpc) is 2.77. The lowest BCUT2D eigenvalue weighted by Gasteiger charge is -2.17. The van der Waals surface area contributed by atoms with Gasteiger partial charge in [-0.05, 0) is 36.2 Å². The fourth-order valence-corrected chi connectivity index (χ4v) is 1.94. The molecule has 0 saturated carbocycles. The Labute approximate surface area is 112 Å². The summed E-state index contributed by atoms with van der Waals surface area (Å²) in [6, 6.07) is 3.60. The third-order valence-electron chi connectivity index (χ3n) is 2.96. The third-order valence-corrected chi connectivity index (χ3v) is 2.96. The van der Waals surface area contributed by atoms with Gasteiger partial charge in [-0.25, -0.2) is 9.82 Å². The van der Waals surface area contributed by atoms with Crippen LogP contribution in [0, 0.1) is 12.7 Å². The molecule has 20 heavy (non-hydrogen) atoms. The second kappa shape index (κ2) is 5.26. The minimum Gasteiger partial charge on any atom is -0.467 e. The van der Waals surface area contributed by atoms with Crippen molar-refractivity contribution in [3.05, 3.63) is 58.8 Å². The first kappa shape index (κ1) is 14.5. The quantitative estimate of drug-likeness (QED) is 0.517. The maximum atomic E-state index is 13.3. The van der Waals surface area contributed by atoms with E-state index in [1.165, 1.54) is 12.3 Å². The molecule has 0 aliphatic carbocycles. The molecule has 1 aromatic carbocycles. The summed E-state index contributed by atoms with van der Waals surface area (Å²) in [6.45, 7) is 1.73. The van der Waals surface area contributed by atoms with Crippen molar-refractivity contribution in [3.63, 3.8) is 0 Å². The molecule has 1 heterocycles. The summed E-state index contributed by atoms with van der Waals surface area (Å²) in [5.74, 6) is 4.43. The Morgan fingerprint density at radius 1 is 1.25 bits per heavy atom. The Morgan fingerprint density at radius 3 is 2.45 bits per heavy atom. The first-order chi connectivity index (χ1) is 9.34. The summed E-state index contributed by atoms with van der Waals surface area (Å²) in [5, 5.41) is 0. The second-order valence-corrected chi connectivity index (χ2v) is 4.30. The van der Waals surface area contributed by atoms with Crippen LogP contribution in [0.1, 0.15) is 28.5 Å². The molecule has 3 N–H and O–H groups in total. The number of furan rings is 1. The van der Waals surface area contributed by atoms with Gasteiger partial charge in [-0.2, -0.15) is 13.2 Å². The number of nitrogens with two attached hydrogens (primary N) is 1. The number of alkyl halides is 3. The van der Waals surface area contributed by atoms with Crippen LogP contribution in [-0.2, 0) is 6.18 Å². The van der Waals surface area contributed by atoms with Gasteiger partial charge in [-0.1, -0.05) is 6.07 Å². The zero-order valence-electron chi connectivity index (χ0n) is 10.5. The number of hydrogen-bond acceptors (Lipinski definition) is 3. The minimum absolute atomic E-state index is 0.166. The zero-order chi connectivity index (χ0) is 14.9. The summed E-state index contributed by atoms with van der Waals surface area (Å²) < 4.78 is 56.6. The van der Waals surface area contributed by atoms with Crippen molar-refractivity contribution in [1.82, 2.24) is 5.43 Å². The first-order valence-electron chi connectivity index (χ1n) is 5.71. The number of aryl methyl sites for hydroxylation is 1. The van der Waals surface area contributed by atoms with E-state index in [2.05, 4.69) is 5.43 Å². The molecule has 1 aromatic heterocycles. The molecule has 0 aliphatic heterocycles. The molecular formula is C13H12F4N2O. The average molecular weight is 288 g/mol. The second-order valence-electron chi connectivity index (χ2n) is 4.30. The van der Waals surface area contributed by atoms with Gasteiger partial charge < -0.3 is 4.42 Å². The fourth-order valence-electron chi connectivity index (χ4n) is 1.94. The van der Waals surface area contributed by atoms with Gasteiger partial charge in [0.25, 0.3) is 0 Å². The Bertz CT molecular complexity index is 607. The predicted octanol–water partition coefficient (Wildman–Crippen LogP) is 3.30. The summed E-state index contributed by atoms with van der Waals surface area (Å²) in [4.78, 5) is 0. The Balaban J connectivity index is 2.49. The SMILES string of the molecule is Cc1ccoc1C(NN)c1ccc(F)c(C(F)(F)F)c1. The van der Waals surface area contributed by atoms with Crippen LogP contribution in [0.15, 0.2) is 34.9 Å². The molecular weight excluding hydrogens is 276 g/mol. The van der Waals surface area contributed by atoms with Crippen molar-refractivity contribution < 1.29 is 22.0 Å². The predicted molar refractivity (Wildman–Crippen MR) is 64.0 cm³/mol. The van der Waals surface area contributed by atoms with E-state index in [9.17, 15) is 17.6 Å². The Hall–Kier alpha value is -1.86. The monoisotopic (exact) mass is 288 g/mol. The lowest BCUT2D eigenvalue weighted by atomic mass is 10.00. The van der Waals surface area contributed by atoms with Crippen LogP contribution >= 0.6 is 0 Å². The Morgan fingerprint density at radius 2 is 1.95 bits per heavy atom. The van der Waals surface area contributed by atoms with Gasteiger partial charge in [0, 0.05) is 0 Å². The van der Waals surface area contributed by atoms with Crippen molar-refractivity contribution in [2.75, 3.05) is 0 Å². The van der Waals surface area contributed by atoms with Gasteiger partial charge >= 0.3 is 6.18 Å². The zero-order valence-corrected chi connectivity index (χ0v) is 10.5. The number of rotatable bonds is 3. The van der Waals surface area contributed by atoms with Gasteiger partial charge in [0.2, 0.25) is 0 Å². The van der Waals surface area contributed by atoms with Crippen LogP contribution in [0.4, 0.5) is 17.6 Å². The molecule has 0 amide bonds. The van der Waals surface area contributed by atoms with Crippen LogP contribution in [0.2, 0.25) is 0 Å². The van der Waals surface area contributed by atoms with Gasteiger partial charge in [0.1, 0.15) is 17.6 Å². The van der Waals surface area contributed by atoms with Crippen molar-refractivity contribution in [2.45, 2.75) is 19.1 Å². The van der Waals surface area contributed by atoms with Gasteiger partial charge in [0.05, 0.1) is 11.8 Å². The molecule has 0 saturated heterocycles. The highest BCUT2D eigenvalue weighted by atomic mass is 19.4. The molecule has 7 heteroatoms. The molecule has 0 spiro atoms. The largest absolute Gasteiger partial charge is 0.467 e. The number of hydrazine groups is 1. The van der Waals surface area contributed by atoms with E-state index in [4.69, 9.17) is 10.3 Å². The standard InChI is InChI=1S/C13H12F4N2O/c1-7-4-5-20-12(7)11(19-18)8-2-3-10(14)9(6-8)13(15,16)17/h2-6,11,19H,18H2,1H3. The van der Waals surface area contributed by atoms with Crippen LogP contribution in [0.3, 0.4) is 0 Å².